The summed E-state index contributed by atoms with van der Waals surface area (Å²) in [6, 6.07) is 5.34. The SMILES string of the molecule is NC(c1ccncc1F)c1cccc(Br)c1F. The van der Waals surface area contributed by atoms with Crippen molar-refractivity contribution in [2.45, 2.75) is 6.04 Å². The average molecular weight is 299 g/mol. The second-order valence-electron chi connectivity index (χ2n) is 3.52. The maximum Gasteiger partial charge on any atom is 0.146 e. The van der Waals surface area contributed by atoms with Gasteiger partial charge in [0.2, 0.25) is 0 Å². The van der Waals surface area contributed by atoms with Gasteiger partial charge in [-0.3, -0.25) is 4.98 Å². The molecule has 88 valence electrons. The molecule has 0 aliphatic rings. The summed E-state index contributed by atoms with van der Waals surface area (Å²) in [5.74, 6) is -1.02. The third-order valence-electron chi connectivity index (χ3n) is 2.46. The topological polar surface area (TPSA) is 38.9 Å². The van der Waals surface area contributed by atoms with Crippen LogP contribution in [0.3, 0.4) is 0 Å². The first-order chi connectivity index (χ1) is 8.11. The quantitative estimate of drug-likeness (QED) is 0.925. The van der Waals surface area contributed by atoms with E-state index in [0.29, 0.717) is 4.47 Å². The molecule has 0 saturated heterocycles. The highest BCUT2D eigenvalue weighted by atomic mass is 79.9. The molecule has 2 rings (SSSR count). The summed E-state index contributed by atoms with van der Waals surface area (Å²) in [6.07, 6.45) is 2.49. The van der Waals surface area contributed by atoms with E-state index in [1.54, 1.807) is 12.1 Å². The summed E-state index contributed by atoms with van der Waals surface area (Å²) in [5, 5.41) is 0. The average Bonchev–Trinajstić information content (AvgIpc) is 2.32. The van der Waals surface area contributed by atoms with Gasteiger partial charge in [0.15, 0.2) is 0 Å². The molecule has 0 aliphatic carbocycles. The molecule has 0 fully saturated rings. The minimum absolute atomic E-state index is 0.219. The van der Waals surface area contributed by atoms with E-state index < -0.39 is 17.7 Å². The van der Waals surface area contributed by atoms with Crippen molar-refractivity contribution >= 4 is 15.9 Å². The van der Waals surface area contributed by atoms with Gasteiger partial charge in [-0.2, -0.15) is 0 Å². The van der Waals surface area contributed by atoms with Gasteiger partial charge in [0, 0.05) is 17.3 Å². The summed E-state index contributed by atoms with van der Waals surface area (Å²) in [4.78, 5) is 3.63. The van der Waals surface area contributed by atoms with Crippen LogP contribution in [-0.2, 0) is 0 Å². The molecule has 2 N–H and O–H groups in total. The van der Waals surface area contributed by atoms with Crippen LogP contribution in [0.25, 0.3) is 0 Å². The standard InChI is InChI=1S/C12H9BrF2N2/c13-9-3-1-2-8(11(9)15)12(16)7-4-5-17-6-10(7)14/h1-6,12H,16H2. The van der Waals surface area contributed by atoms with Crippen LogP contribution in [0.15, 0.2) is 41.1 Å². The summed E-state index contributed by atoms with van der Waals surface area (Å²) in [7, 11) is 0. The predicted molar refractivity (Wildman–Crippen MR) is 64.3 cm³/mol. The molecule has 1 heterocycles. The fourth-order valence-corrected chi connectivity index (χ4v) is 1.95. The molecular weight excluding hydrogens is 290 g/mol. The van der Waals surface area contributed by atoms with Crippen LogP contribution in [0, 0.1) is 11.6 Å². The number of pyridine rings is 1. The molecule has 2 aromatic rings. The molecular formula is C12H9BrF2N2. The number of nitrogens with zero attached hydrogens (tertiary/aromatic N) is 1. The molecule has 2 nitrogen and oxygen atoms in total. The first kappa shape index (κ1) is 12.1. The summed E-state index contributed by atoms with van der Waals surface area (Å²) in [6.45, 7) is 0. The zero-order valence-corrected chi connectivity index (χ0v) is 10.3. The van der Waals surface area contributed by atoms with Crippen molar-refractivity contribution in [1.29, 1.82) is 0 Å². The normalized spacial score (nSPS) is 12.5. The number of rotatable bonds is 2. The van der Waals surface area contributed by atoms with Gasteiger partial charge in [0.05, 0.1) is 16.7 Å². The Bertz CT molecular complexity index is 546. The minimum atomic E-state index is -0.851. The van der Waals surface area contributed by atoms with Gasteiger partial charge in [-0.1, -0.05) is 12.1 Å². The van der Waals surface area contributed by atoms with E-state index in [-0.39, 0.29) is 11.1 Å². The van der Waals surface area contributed by atoms with E-state index in [9.17, 15) is 8.78 Å². The summed E-state index contributed by atoms with van der Waals surface area (Å²) < 4.78 is 27.6. The molecule has 0 saturated carbocycles. The molecule has 1 aromatic heterocycles. The molecule has 0 radical (unpaired) electrons. The van der Waals surface area contributed by atoms with Gasteiger partial charge in [-0.25, -0.2) is 8.78 Å². The summed E-state index contributed by atoms with van der Waals surface area (Å²) in [5.41, 5.74) is 6.32. The zero-order valence-electron chi connectivity index (χ0n) is 8.70. The van der Waals surface area contributed by atoms with Gasteiger partial charge in [0.25, 0.3) is 0 Å². The van der Waals surface area contributed by atoms with Crippen LogP contribution in [-0.4, -0.2) is 4.98 Å². The van der Waals surface area contributed by atoms with Gasteiger partial charge in [0.1, 0.15) is 11.6 Å². The molecule has 1 unspecified atom stereocenters. The molecule has 1 atom stereocenters. The van der Waals surface area contributed by atoms with Crippen LogP contribution < -0.4 is 5.73 Å². The molecule has 0 aliphatic heterocycles. The lowest BCUT2D eigenvalue weighted by Gasteiger charge is -2.14. The lowest BCUT2D eigenvalue weighted by atomic mass is 10.00. The van der Waals surface area contributed by atoms with Gasteiger partial charge in [-0.15, -0.1) is 0 Å². The van der Waals surface area contributed by atoms with Crippen LogP contribution in [0.1, 0.15) is 17.2 Å². The van der Waals surface area contributed by atoms with Crippen molar-refractivity contribution in [2.24, 2.45) is 5.73 Å². The van der Waals surface area contributed by atoms with Crippen LogP contribution in [0.2, 0.25) is 0 Å². The first-order valence-electron chi connectivity index (χ1n) is 4.90. The Balaban J connectivity index is 2.48. The molecule has 1 aromatic carbocycles. The van der Waals surface area contributed by atoms with Crippen molar-refractivity contribution in [3.63, 3.8) is 0 Å². The highest BCUT2D eigenvalue weighted by Gasteiger charge is 2.18. The third kappa shape index (κ3) is 2.35. The number of hydrogen-bond donors (Lipinski definition) is 1. The molecule has 17 heavy (non-hydrogen) atoms. The second-order valence-corrected chi connectivity index (χ2v) is 4.37. The van der Waals surface area contributed by atoms with Gasteiger partial charge in [-0.05, 0) is 28.1 Å². The molecule has 0 spiro atoms. The number of hydrogen-bond acceptors (Lipinski definition) is 2. The van der Waals surface area contributed by atoms with Crippen LogP contribution in [0.4, 0.5) is 8.78 Å². The molecule has 5 heteroatoms. The smallest absolute Gasteiger partial charge is 0.146 e. The monoisotopic (exact) mass is 298 g/mol. The van der Waals surface area contributed by atoms with E-state index in [1.165, 1.54) is 18.3 Å². The van der Waals surface area contributed by atoms with Crippen molar-refractivity contribution in [2.75, 3.05) is 0 Å². The highest BCUT2D eigenvalue weighted by molar-refractivity contribution is 9.10. The van der Waals surface area contributed by atoms with Crippen molar-refractivity contribution < 1.29 is 8.78 Å². The van der Waals surface area contributed by atoms with E-state index in [0.717, 1.165) is 6.20 Å². The van der Waals surface area contributed by atoms with Crippen LogP contribution >= 0.6 is 15.9 Å². The fraction of sp³-hybridized carbons (Fsp3) is 0.0833. The lowest BCUT2D eigenvalue weighted by Crippen LogP contribution is -2.15. The van der Waals surface area contributed by atoms with Crippen molar-refractivity contribution in [3.05, 3.63) is 63.9 Å². The Hall–Kier alpha value is -1.33. The summed E-state index contributed by atoms with van der Waals surface area (Å²) >= 11 is 3.07. The van der Waals surface area contributed by atoms with E-state index >= 15 is 0 Å². The predicted octanol–water partition coefficient (Wildman–Crippen LogP) is 3.17. The van der Waals surface area contributed by atoms with Crippen molar-refractivity contribution in [3.8, 4) is 0 Å². The van der Waals surface area contributed by atoms with Crippen LogP contribution in [0.5, 0.6) is 0 Å². The minimum Gasteiger partial charge on any atom is -0.320 e. The first-order valence-corrected chi connectivity index (χ1v) is 5.69. The largest absolute Gasteiger partial charge is 0.320 e. The maximum atomic E-state index is 13.8. The van der Waals surface area contributed by atoms with Crippen molar-refractivity contribution in [1.82, 2.24) is 4.98 Å². The number of halogens is 3. The Morgan fingerprint density at radius 3 is 2.65 bits per heavy atom. The third-order valence-corrected chi connectivity index (χ3v) is 3.07. The Morgan fingerprint density at radius 2 is 1.94 bits per heavy atom. The number of benzene rings is 1. The Labute approximate surface area is 106 Å². The number of aromatic nitrogens is 1. The second kappa shape index (κ2) is 4.89. The van der Waals surface area contributed by atoms with Gasteiger partial charge >= 0.3 is 0 Å². The van der Waals surface area contributed by atoms with E-state index in [2.05, 4.69) is 20.9 Å². The lowest BCUT2D eigenvalue weighted by molar-refractivity contribution is 0.569. The zero-order chi connectivity index (χ0) is 12.4. The molecule has 0 bridgehead atoms. The maximum absolute atomic E-state index is 13.8. The Morgan fingerprint density at radius 1 is 1.18 bits per heavy atom. The molecule has 0 amide bonds. The van der Waals surface area contributed by atoms with Gasteiger partial charge < -0.3 is 5.73 Å². The highest BCUT2D eigenvalue weighted by Crippen LogP contribution is 2.27. The fourth-order valence-electron chi connectivity index (χ4n) is 1.57. The Kier molecular flexibility index (Phi) is 3.49. The number of nitrogens with two attached hydrogens (primary N) is 1. The van der Waals surface area contributed by atoms with E-state index in [1.807, 2.05) is 0 Å². The van der Waals surface area contributed by atoms with E-state index in [4.69, 9.17) is 5.73 Å².